The highest BCUT2D eigenvalue weighted by atomic mass is 19.1. The fourth-order valence-electron chi connectivity index (χ4n) is 4.28. The van der Waals surface area contributed by atoms with Crippen LogP contribution in [-0.2, 0) is 4.74 Å². The summed E-state index contributed by atoms with van der Waals surface area (Å²) in [5, 5.41) is 0. The molecule has 5 nitrogen and oxygen atoms in total. The fraction of sp³-hybridized carbons (Fsp3) is 0.429. The maximum atomic E-state index is 14.8. The van der Waals surface area contributed by atoms with Crippen LogP contribution in [0.4, 0.5) is 4.39 Å². The zero-order valence-electron chi connectivity index (χ0n) is 24.6. The normalized spacial score (nSPS) is 11.6. The standard InChI is InChI=1S/C35H43FO5/c1-4-6-7-8-9-10-11-12-23-39-30-18-15-28(16-19-30)35(38)41-31-20-13-27(14-21-31)32-22-17-29(24-33(32)36)34(37)40-25-26(3)5-2/h13-22,24,26H,4-12,23,25H2,1-3H3/t26-/m0/s1. The molecule has 0 bridgehead atoms. The second-order valence-corrected chi connectivity index (χ2v) is 10.6. The van der Waals surface area contributed by atoms with Gasteiger partial charge < -0.3 is 14.2 Å². The topological polar surface area (TPSA) is 61.8 Å². The van der Waals surface area contributed by atoms with Gasteiger partial charge in [0.1, 0.15) is 17.3 Å². The minimum absolute atomic E-state index is 0.171. The molecular formula is C35H43FO5. The molecule has 0 radical (unpaired) electrons. The molecule has 0 saturated carbocycles. The molecule has 1 atom stereocenters. The first-order valence-electron chi connectivity index (χ1n) is 14.9. The Morgan fingerprint density at radius 3 is 1.98 bits per heavy atom. The first-order valence-corrected chi connectivity index (χ1v) is 14.9. The number of hydrogen-bond donors (Lipinski definition) is 0. The van der Waals surface area contributed by atoms with Gasteiger partial charge in [-0.2, -0.15) is 0 Å². The Kier molecular flexibility index (Phi) is 13.4. The Morgan fingerprint density at radius 2 is 1.34 bits per heavy atom. The summed E-state index contributed by atoms with van der Waals surface area (Å²) in [5.74, 6) is -0.235. The van der Waals surface area contributed by atoms with Gasteiger partial charge in [0.15, 0.2) is 0 Å². The van der Waals surface area contributed by atoms with Gasteiger partial charge in [-0.25, -0.2) is 14.0 Å². The van der Waals surface area contributed by atoms with Crippen LogP contribution < -0.4 is 9.47 Å². The van der Waals surface area contributed by atoms with E-state index in [1.165, 1.54) is 51.0 Å². The summed E-state index contributed by atoms with van der Waals surface area (Å²) in [7, 11) is 0. The van der Waals surface area contributed by atoms with Gasteiger partial charge in [0.05, 0.1) is 24.3 Å². The lowest BCUT2D eigenvalue weighted by atomic mass is 10.0. The summed E-state index contributed by atoms with van der Waals surface area (Å²) in [6.07, 6.45) is 10.9. The van der Waals surface area contributed by atoms with E-state index in [1.807, 2.05) is 13.8 Å². The van der Waals surface area contributed by atoms with Gasteiger partial charge in [-0.05, 0) is 66.4 Å². The predicted octanol–water partition coefficient (Wildman–Crippen LogP) is 9.43. The molecule has 0 aromatic heterocycles. The number of halogens is 1. The van der Waals surface area contributed by atoms with E-state index in [2.05, 4.69) is 6.92 Å². The van der Waals surface area contributed by atoms with Gasteiger partial charge in [0, 0.05) is 5.56 Å². The SMILES string of the molecule is CCCCCCCCCCOc1ccc(C(=O)Oc2ccc(-c3ccc(C(=O)OC[C@@H](C)CC)cc3F)cc2)cc1. The monoisotopic (exact) mass is 562 g/mol. The number of esters is 2. The molecule has 0 unspecified atom stereocenters. The molecule has 0 aliphatic heterocycles. The highest BCUT2D eigenvalue weighted by Crippen LogP contribution is 2.27. The van der Waals surface area contributed by atoms with Gasteiger partial charge in [-0.15, -0.1) is 0 Å². The minimum atomic E-state index is -0.541. The number of ether oxygens (including phenoxy) is 3. The number of carbonyl (C=O) groups excluding carboxylic acids is 2. The third kappa shape index (κ3) is 10.7. The number of rotatable bonds is 17. The van der Waals surface area contributed by atoms with E-state index in [4.69, 9.17) is 14.2 Å². The van der Waals surface area contributed by atoms with Gasteiger partial charge in [0.25, 0.3) is 0 Å². The number of benzene rings is 3. The van der Waals surface area contributed by atoms with Crippen LogP contribution in [0.5, 0.6) is 11.5 Å². The molecule has 3 rings (SSSR count). The Bertz CT molecular complexity index is 1220. The molecule has 41 heavy (non-hydrogen) atoms. The summed E-state index contributed by atoms with van der Waals surface area (Å²) in [5.41, 5.74) is 1.52. The highest BCUT2D eigenvalue weighted by Gasteiger charge is 2.14. The van der Waals surface area contributed by atoms with Crippen LogP contribution in [0.1, 0.15) is 99.3 Å². The lowest BCUT2D eigenvalue weighted by Gasteiger charge is -2.11. The Labute approximate surface area is 244 Å². The van der Waals surface area contributed by atoms with Crippen LogP contribution >= 0.6 is 0 Å². The van der Waals surface area contributed by atoms with E-state index >= 15 is 0 Å². The van der Waals surface area contributed by atoms with Crippen LogP contribution in [0.2, 0.25) is 0 Å². The molecule has 0 spiro atoms. The molecule has 0 N–H and O–H groups in total. The van der Waals surface area contributed by atoms with E-state index in [-0.39, 0.29) is 11.5 Å². The largest absolute Gasteiger partial charge is 0.494 e. The molecule has 3 aromatic rings. The number of unbranched alkanes of at least 4 members (excludes halogenated alkanes) is 7. The van der Waals surface area contributed by atoms with E-state index in [0.29, 0.717) is 35.7 Å². The molecule has 0 aliphatic carbocycles. The van der Waals surface area contributed by atoms with E-state index in [9.17, 15) is 14.0 Å². The summed E-state index contributed by atoms with van der Waals surface area (Å²) in [6.45, 7) is 7.20. The van der Waals surface area contributed by atoms with Crippen LogP contribution in [0.25, 0.3) is 11.1 Å². The average molecular weight is 563 g/mol. The van der Waals surface area contributed by atoms with E-state index in [0.717, 1.165) is 18.6 Å². The number of hydrogen-bond acceptors (Lipinski definition) is 5. The van der Waals surface area contributed by atoms with Crippen molar-refractivity contribution in [2.45, 2.75) is 78.6 Å². The van der Waals surface area contributed by atoms with Crippen LogP contribution in [0, 0.1) is 11.7 Å². The smallest absolute Gasteiger partial charge is 0.343 e. The van der Waals surface area contributed by atoms with Crippen LogP contribution in [0.3, 0.4) is 0 Å². The van der Waals surface area contributed by atoms with E-state index in [1.54, 1.807) is 60.7 Å². The van der Waals surface area contributed by atoms with Crippen molar-refractivity contribution in [1.82, 2.24) is 0 Å². The third-order valence-corrected chi connectivity index (χ3v) is 7.13. The summed E-state index contributed by atoms with van der Waals surface area (Å²) in [4.78, 5) is 24.8. The highest BCUT2D eigenvalue weighted by molar-refractivity contribution is 5.91. The molecule has 0 fully saturated rings. The van der Waals surface area contributed by atoms with Crippen molar-refractivity contribution in [3.05, 3.63) is 83.7 Å². The Hall–Kier alpha value is -3.67. The van der Waals surface area contributed by atoms with Crippen molar-refractivity contribution in [2.75, 3.05) is 13.2 Å². The third-order valence-electron chi connectivity index (χ3n) is 7.13. The predicted molar refractivity (Wildman–Crippen MR) is 161 cm³/mol. The van der Waals surface area contributed by atoms with Crippen molar-refractivity contribution in [2.24, 2.45) is 5.92 Å². The maximum Gasteiger partial charge on any atom is 0.343 e. The quantitative estimate of drug-likeness (QED) is 0.0931. The lowest BCUT2D eigenvalue weighted by Crippen LogP contribution is -2.11. The van der Waals surface area contributed by atoms with Gasteiger partial charge in [-0.3, -0.25) is 0 Å². The summed E-state index contributed by atoms with van der Waals surface area (Å²) < 4.78 is 31.4. The second-order valence-electron chi connectivity index (χ2n) is 10.6. The molecule has 6 heteroatoms. The molecule has 0 amide bonds. The van der Waals surface area contributed by atoms with Crippen molar-refractivity contribution in [1.29, 1.82) is 0 Å². The van der Waals surface area contributed by atoms with Crippen LogP contribution in [-0.4, -0.2) is 25.2 Å². The second kappa shape index (κ2) is 17.2. The fourth-order valence-corrected chi connectivity index (χ4v) is 4.28. The summed E-state index contributed by atoms with van der Waals surface area (Å²) >= 11 is 0. The first kappa shape index (κ1) is 31.9. The number of carbonyl (C=O) groups is 2. The molecule has 0 heterocycles. The zero-order chi connectivity index (χ0) is 29.5. The molecule has 0 aliphatic rings. The van der Waals surface area contributed by atoms with Crippen molar-refractivity contribution >= 4 is 11.9 Å². The zero-order valence-corrected chi connectivity index (χ0v) is 24.6. The Morgan fingerprint density at radius 1 is 0.732 bits per heavy atom. The minimum Gasteiger partial charge on any atom is -0.494 e. The molecular weight excluding hydrogens is 519 g/mol. The van der Waals surface area contributed by atoms with Gasteiger partial charge in [0.2, 0.25) is 0 Å². The first-order chi connectivity index (χ1) is 19.9. The Balaban J connectivity index is 1.46. The summed E-state index contributed by atoms with van der Waals surface area (Å²) in [6, 6.07) is 17.8. The molecule has 0 saturated heterocycles. The van der Waals surface area contributed by atoms with E-state index < -0.39 is 17.8 Å². The van der Waals surface area contributed by atoms with Crippen LogP contribution in [0.15, 0.2) is 66.7 Å². The molecule has 3 aromatic carbocycles. The van der Waals surface area contributed by atoms with Gasteiger partial charge >= 0.3 is 11.9 Å². The average Bonchev–Trinajstić information content (AvgIpc) is 2.99. The molecule has 220 valence electrons. The lowest BCUT2D eigenvalue weighted by molar-refractivity contribution is 0.0446. The van der Waals surface area contributed by atoms with Crippen molar-refractivity contribution in [3.8, 4) is 22.6 Å². The van der Waals surface area contributed by atoms with Gasteiger partial charge in [-0.1, -0.05) is 90.3 Å². The van der Waals surface area contributed by atoms with Crippen molar-refractivity contribution in [3.63, 3.8) is 0 Å². The van der Waals surface area contributed by atoms with Crippen molar-refractivity contribution < 1.29 is 28.2 Å². The maximum absolute atomic E-state index is 14.8.